The molecule has 4 rings (SSSR count). The first-order chi connectivity index (χ1) is 20.8. The predicted octanol–water partition coefficient (Wildman–Crippen LogP) is 6.27. The van der Waals surface area contributed by atoms with Crippen molar-refractivity contribution in [2.45, 2.75) is 83.0 Å². The largest absolute Gasteiger partial charge is 0.465 e. The summed E-state index contributed by atoms with van der Waals surface area (Å²) in [7, 11) is 0. The minimum Gasteiger partial charge on any atom is -0.465 e. The Morgan fingerprint density at radius 1 is 0.956 bits per heavy atom. The van der Waals surface area contributed by atoms with Crippen LogP contribution in [0.5, 0.6) is 0 Å². The van der Waals surface area contributed by atoms with E-state index in [-0.39, 0.29) is 38.2 Å². The van der Waals surface area contributed by atoms with Crippen molar-refractivity contribution in [3.8, 4) is 0 Å². The third-order valence-electron chi connectivity index (χ3n) is 8.91. The zero-order chi connectivity index (χ0) is 33.3. The Morgan fingerprint density at radius 3 is 2.18 bits per heavy atom. The summed E-state index contributed by atoms with van der Waals surface area (Å²) in [6.45, 7) is 6.02. The summed E-state index contributed by atoms with van der Waals surface area (Å²) in [5.74, 6) is -3.67. The Hall–Kier alpha value is -2.45. The standard InChI is InChI=1S/C30H41ClF6N4O4/c1-28(2,3)45-25(42)18-39-10-4-5-22(39)19-8-11-38(12-9-19)23-15-21(31)7-6-20(23)16-40-13-14-41(27(43)44)17-24(40)26(29(32,33)34)30(35,36)37/h6-7,15,19,22,24,26H,4-5,8-14,16-18H2,1-3H3,(H,43,44). The highest BCUT2D eigenvalue weighted by Crippen LogP contribution is 2.44. The average Bonchev–Trinajstić information content (AvgIpc) is 3.35. The van der Waals surface area contributed by atoms with Crippen molar-refractivity contribution < 1.29 is 45.8 Å². The van der Waals surface area contributed by atoms with Gasteiger partial charge in [0.25, 0.3) is 0 Å². The van der Waals surface area contributed by atoms with Crippen LogP contribution in [0.4, 0.5) is 36.8 Å². The van der Waals surface area contributed by atoms with Gasteiger partial charge in [0.15, 0.2) is 5.92 Å². The monoisotopic (exact) mass is 670 g/mol. The lowest BCUT2D eigenvalue weighted by Gasteiger charge is -2.45. The van der Waals surface area contributed by atoms with Crippen LogP contribution in [0.3, 0.4) is 0 Å². The fourth-order valence-electron chi connectivity index (χ4n) is 6.99. The number of alkyl halides is 6. The molecule has 3 aliphatic rings. The van der Waals surface area contributed by atoms with E-state index >= 15 is 0 Å². The van der Waals surface area contributed by atoms with Gasteiger partial charge in [0.1, 0.15) is 5.60 Å². The highest BCUT2D eigenvalue weighted by Gasteiger charge is 2.62. The van der Waals surface area contributed by atoms with Gasteiger partial charge in [-0.15, -0.1) is 0 Å². The zero-order valence-electron chi connectivity index (χ0n) is 25.6. The molecule has 3 aliphatic heterocycles. The molecule has 2 atom stereocenters. The molecule has 3 saturated heterocycles. The number of nitrogens with zero attached hydrogens (tertiary/aromatic N) is 4. The smallest absolute Gasteiger partial charge is 0.407 e. The molecule has 2 unspecified atom stereocenters. The lowest BCUT2D eigenvalue weighted by atomic mass is 9.87. The molecule has 0 aromatic heterocycles. The number of likely N-dealkylation sites (tertiary alicyclic amines) is 1. The second-order valence-corrected chi connectivity index (χ2v) is 13.6. The minimum absolute atomic E-state index is 0.214. The van der Waals surface area contributed by atoms with Gasteiger partial charge < -0.3 is 19.6 Å². The number of piperidine rings is 1. The molecule has 0 bridgehead atoms. The first-order valence-corrected chi connectivity index (χ1v) is 15.6. The quantitative estimate of drug-likeness (QED) is 0.271. The van der Waals surface area contributed by atoms with Crippen LogP contribution in [0.1, 0.15) is 52.0 Å². The van der Waals surface area contributed by atoms with E-state index in [1.165, 1.54) is 0 Å². The van der Waals surface area contributed by atoms with Gasteiger partial charge in [0.2, 0.25) is 0 Å². The Labute approximate surface area is 264 Å². The number of carbonyl (C=O) groups is 2. The molecule has 15 heteroatoms. The zero-order valence-corrected chi connectivity index (χ0v) is 26.4. The summed E-state index contributed by atoms with van der Waals surface area (Å²) >= 11 is 6.32. The number of ether oxygens (including phenoxy) is 1. The number of esters is 1. The number of amides is 1. The van der Waals surface area contributed by atoms with Crippen LogP contribution in [-0.2, 0) is 16.1 Å². The molecule has 1 N–H and O–H groups in total. The van der Waals surface area contributed by atoms with Crippen LogP contribution in [-0.4, -0.2) is 108 Å². The molecule has 1 aromatic carbocycles. The maximum absolute atomic E-state index is 13.8. The Bertz CT molecular complexity index is 1190. The normalized spacial score (nSPS) is 23.2. The number of rotatable bonds is 7. The van der Waals surface area contributed by atoms with Gasteiger partial charge in [-0.2, -0.15) is 26.3 Å². The molecular weight excluding hydrogens is 630 g/mol. The predicted molar refractivity (Wildman–Crippen MR) is 156 cm³/mol. The Morgan fingerprint density at radius 2 is 1.60 bits per heavy atom. The van der Waals surface area contributed by atoms with Crippen LogP contribution >= 0.6 is 11.6 Å². The van der Waals surface area contributed by atoms with Gasteiger partial charge in [-0.3, -0.25) is 14.6 Å². The average molecular weight is 671 g/mol. The van der Waals surface area contributed by atoms with Crippen molar-refractivity contribution in [1.29, 1.82) is 0 Å². The van der Waals surface area contributed by atoms with E-state index in [2.05, 4.69) is 9.80 Å². The first-order valence-electron chi connectivity index (χ1n) is 15.2. The topological polar surface area (TPSA) is 76.6 Å². The molecule has 1 aromatic rings. The maximum atomic E-state index is 13.8. The third kappa shape index (κ3) is 9.09. The molecule has 0 aliphatic carbocycles. The van der Waals surface area contributed by atoms with Gasteiger partial charge in [-0.1, -0.05) is 17.7 Å². The molecule has 0 radical (unpaired) electrons. The van der Waals surface area contributed by atoms with E-state index < -0.39 is 42.6 Å². The van der Waals surface area contributed by atoms with E-state index in [1.54, 1.807) is 18.2 Å². The molecule has 254 valence electrons. The summed E-state index contributed by atoms with van der Waals surface area (Å²) in [4.78, 5) is 30.0. The number of hydrogen-bond donors (Lipinski definition) is 1. The van der Waals surface area contributed by atoms with Gasteiger partial charge in [-0.25, -0.2) is 4.79 Å². The molecule has 0 spiro atoms. The van der Waals surface area contributed by atoms with E-state index in [0.717, 1.165) is 37.1 Å². The highest BCUT2D eigenvalue weighted by molar-refractivity contribution is 6.30. The van der Waals surface area contributed by atoms with Crippen LogP contribution in [0.2, 0.25) is 5.02 Å². The number of benzene rings is 1. The van der Waals surface area contributed by atoms with Crippen molar-refractivity contribution in [2.24, 2.45) is 11.8 Å². The first kappa shape index (κ1) is 35.4. The van der Waals surface area contributed by atoms with Crippen molar-refractivity contribution in [3.05, 3.63) is 28.8 Å². The van der Waals surface area contributed by atoms with Crippen molar-refractivity contribution in [2.75, 3.05) is 50.7 Å². The van der Waals surface area contributed by atoms with Gasteiger partial charge in [0, 0.05) is 62.1 Å². The summed E-state index contributed by atoms with van der Waals surface area (Å²) < 4.78 is 88.5. The number of piperazine rings is 1. The molecule has 3 fully saturated rings. The van der Waals surface area contributed by atoms with E-state index in [9.17, 15) is 41.0 Å². The van der Waals surface area contributed by atoms with E-state index in [4.69, 9.17) is 16.3 Å². The molecule has 1 amide bonds. The molecule has 0 saturated carbocycles. The Balaban J connectivity index is 1.49. The number of carbonyl (C=O) groups excluding carboxylic acids is 1. The second kappa shape index (κ2) is 13.7. The maximum Gasteiger partial charge on any atom is 0.407 e. The van der Waals surface area contributed by atoms with E-state index in [0.29, 0.717) is 40.2 Å². The summed E-state index contributed by atoms with van der Waals surface area (Å²) in [6, 6.07) is 2.90. The van der Waals surface area contributed by atoms with Crippen LogP contribution in [0.15, 0.2) is 18.2 Å². The number of hydrogen-bond acceptors (Lipinski definition) is 6. The summed E-state index contributed by atoms with van der Waals surface area (Å²) in [5.41, 5.74) is 0.575. The fraction of sp³-hybridized carbons (Fsp3) is 0.733. The molecule has 8 nitrogen and oxygen atoms in total. The molecule has 45 heavy (non-hydrogen) atoms. The third-order valence-corrected chi connectivity index (χ3v) is 9.14. The van der Waals surface area contributed by atoms with Gasteiger partial charge in [0.05, 0.1) is 6.54 Å². The lowest BCUT2D eigenvalue weighted by Crippen LogP contribution is -2.62. The minimum atomic E-state index is -5.62. The Kier molecular flexibility index (Phi) is 10.8. The van der Waals surface area contributed by atoms with Gasteiger partial charge >= 0.3 is 24.4 Å². The van der Waals surface area contributed by atoms with Crippen LogP contribution in [0.25, 0.3) is 0 Å². The van der Waals surface area contributed by atoms with Crippen molar-refractivity contribution in [3.63, 3.8) is 0 Å². The number of halogens is 7. The summed E-state index contributed by atoms with van der Waals surface area (Å²) in [6.07, 6.45) is -9.31. The number of anilines is 1. The SMILES string of the molecule is CC(C)(C)OC(=O)CN1CCCC1C1CCN(c2cc(Cl)ccc2CN2CCN(C(=O)O)CC2C(C(F)(F)F)C(F)(F)F)CC1. The molecular formula is C30H41ClF6N4O4. The fourth-order valence-corrected chi connectivity index (χ4v) is 7.15. The number of carboxylic acid groups (broad SMARTS) is 1. The highest BCUT2D eigenvalue weighted by atomic mass is 35.5. The molecule has 3 heterocycles. The van der Waals surface area contributed by atoms with Crippen LogP contribution < -0.4 is 4.90 Å². The van der Waals surface area contributed by atoms with Crippen LogP contribution in [0, 0.1) is 11.8 Å². The van der Waals surface area contributed by atoms with Crippen molar-refractivity contribution in [1.82, 2.24) is 14.7 Å². The van der Waals surface area contributed by atoms with Crippen molar-refractivity contribution >= 4 is 29.4 Å². The second-order valence-electron chi connectivity index (χ2n) is 13.2. The lowest BCUT2D eigenvalue weighted by molar-refractivity contribution is -0.302. The summed E-state index contributed by atoms with van der Waals surface area (Å²) in [5, 5.41) is 9.75. The van der Waals surface area contributed by atoms with Gasteiger partial charge in [-0.05, 0) is 76.6 Å². The van der Waals surface area contributed by atoms with E-state index in [1.807, 2.05) is 20.8 Å².